The van der Waals surface area contributed by atoms with Gasteiger partial charge in [0.25, 0.3) is 11.5 Å². The first-order valence-electron chi connectivity index (χ1n) is 11.5. The van der Waals surface area contributed by atoms with E-state index in [1.165, 1.54) is 14.2 Å². The molecular formula is C26H30N4O6. The summed E-state index contributed by atoms with van der Waals surface area (Å²) in [6.07, 6.45) is 0.801. The second-order valence-corrected chi connectivity index (χ2v) is 9.23. The molecule has 1 atom stereocenters. The van der Waals surface area contributed by atoms with Gasteiger partial charge in [-0.2, -0.15) is 0 Å². The Bertz CT molecular complexity index is 1520. The second kappa shape index (κ2) is 8.78. The number of nitrogen functional groups attached to an aromatic ring is 1. The molecule has 0 fully saturated rings. The van der Waals surface area contributed by atoms with Gasteiger partial charge in [-0.1, -0.05) is 12.1 Å². The zero-order valence-electron chi connectivity index (χ0n) is 21.2. The Balaban J connectivity index is 1.78. The monoisotopic (exact) mass is 494 g/mol. The molecule has 36 heavy (non-hydrogen) atoms. The maximum Gasteiger partial charge on any atom is 0.337 e. The molecule has 0 saturated heterocycles. The minimum Gasteiger partial charge on any atom is -0.507 e. The molecule has 190 valence electrons. The minimum absolute atomic E-state index is 0.220. The highest BCUT2D eigenvalue weighted by Crippen LogP contribution is 2.43. The van der Waals surface area contributed by atoms with Crippen LogP contribution in [0.15, 0.2) is 33.9 Å². The van der Waals surface area contributed by atoms with Crippen molar-refractivity contribution in [3.63, 3.8) is 0 Å². The van der Waals surface area contributed by atoms with Crippen LogP contribution in [0.25, 0.3) is 5.69 Å². The van der Waals surface area contributed by atoms with Crippen LogP contribution in [-0.4, -0.2) is 32.9 Å². The molecular weight excluding hydrogens is 464 g/mol. The number of carbonyl (C=O) groups is 1. The van der Waals surface area contributed by atoms with Crippen LogP contribution in [0.3, 0.4) is 0 Å². The molecule has 0 aliphatic carbocycles. The van der Waals surface area contributed by atoms with Crippen molar-refractivity contribution in [2.45, 2.75) is 46.1 Å². The van der Waals surface area contributed by atoms with E-state index in [-0.39, 0.29) is 17.3 Å². The lowest BCUT2D eigenvalue weighted by atomic mass is 9.86. The van der Waals surface area contributed by atoms with E-state index in [1.807, 2.05) is 13.8 Å². The number of para-hydroxylation sites is 2. The fraction of sp³-hybridized carbons (Fsp3) is 0.346. The topological polar surface area (TPSA) is 138 Å². The largest absolute Gasteiger partial charge is 0.507 e. The van der Waals surface area contributed by atoms with Gasteiger partial charge in [-0.15, -0.1) is 0 Å². The third kappa shape index (κ3) is 3.69. The standard InChI is InChI=1S/C26H30N4O6/c1-13-14(2)21-16(15(3)20(13)31)11-12-26(4,36-21)24(33)28-19-22(27)30(25(34)29(5)23(19)32)17-9-7-8-10-18(17)35-6/h7-10,31H,11-12,27H2,1-6H3,(H,28,33). The van der Waals surface area contributed by atoms with Gasteiger partial charge in [-0.05, 0) is 62.9 Å². The zero-order chi connectivity index (χ0) is 26.5. The lowest BCUT2D eigenvalue weighted by Crippen LogP contribution is -2.50. The summed E-state index contributed by atoms with van der Waals surface area (Å²) in [4.78, 5) is 39.5. The number of aromatic nitrogens is 2. The summed E-state index contributed by atoms with van der Waals surface area (Å²) >= 11 is 0. The summed E-state index contributed by atoms with van der Waals surface area (Å²) in [5.41, 5.74) is 6.62. The van der Waals surface area contributed by atoms with Gasteiger partial charge in [0.15, 0.2) is 5.60 Å². The van der Waals surface area contributed by atoms with Gasteiger partial charge in [-0.3, -0.25) is 14.2 Å². The maximum absolute atomic E-state index is 13.5. The van der Waals surface area contributed by atoms with Crippen molar-refractivity contribution in [3.05, 3.63) is 67.4 Å². The molecule has 4 rings (SSSR count). The number of aromatic hydroxyl groups is 1. The lowest BCUT2D eigenvalue weighted by Gasteiger charge is -2.36. The van der Waals surface area contributed by atoms with Gasteiger partial charge in [0.1, 0.15) is 28.8 Å². The van der Waals surface area contributed by atoms with E-state index in [2.05, 4.69) is 5.32 Å². The number of benzene rings is 2. The minimum atomic E-state index is -1.32. The zero-order valence-corrected chi connectivity index (χ0v) is 21.2. The third-order valence-electron chi connectivity index (χ3n) is 7.06. The predicted molar refractivity (Wildman–Crippen MR) is 137 cm³/mol. The Morgan fingerprint density at radius 2 is 1.83 bits per heavy atom. The molecule has 10 nitrogen and oxygen atoms in total. The highest BCUT2D eigenvalue weighted by molar-refractivity contribution is 5.99. The van der Waals surface area contributed by atoms with Gasteiger partial charge >= 0.3 is 5.69 Å². The molecule has 1 aromatic heterocycles. The fourth-order valence-corrected chi connectivity index (χ4v) is 4.55. The number of nitrogens with zero attached hydrogens (tertiary/aromatic N) is 2. The van der Waals surface area contributed by atoms with Crippen molar-refractivity contribution >= 4 is 17.4 Å². The number of nitrogens with one attached hydrogen (secondary N) is 1. The number of hydrogen-bond donors (Lipinski definition) is 3. The number of hydrogen-bond acceptors (Lipinski definition) is 7. The number of phenols is 1. The quantitative estimate of drug-likeness (QED) is 0.507. The maximum atomic E-state index is 13.5. The average Bonchev–Trinajstić information content (AvgIpc) is 2.87. The van der Waals surface area contributed by atoms with Crippen molar-refractivity contribution in [2.75, 3.05) is 18.2 Å². The smallest absolute Gasteiger partial charge is 0.337 e. The van der Waals surface area contributed by atoms with Crippen LogP contribution in [0.1, 0.15) is 35.6 Å². The average molecular weight is 495 g/mol. The summed E-state index contributed by atoms with van der Waals surface area (Å²) in [7, 11) is 2.76. The highest BCUT2D eigenvalue weighted by atomic mass is 16.5. The molecule has 0 saturated carbocycles. The van der Waals surface area contributed by atoms with E-state index in [4.69, 9.17) is 15.2 Å². The molecule has 1 amide bonds. The first kappa shape index (κ1) is 24.9. The Labute approximate surface area is 207 Å². The summed E-state index contributed by atoms with van der Waals surface area (Å²) in [6, 6.07) is 6.71. The molecule has 0 bridgehead atoms. The number of methoxy groups -OCH3 is 1. The van der Waals surface area contributed by atoms with Gasteiger partial charge in [-0.25, -0.2) is 9.36 Å². The summed E-state index contributed by atoms with van der Waals surface area (Å²) in [5, 5.41) is 13.0. The molecule has 1 unspecified atom stereocenters. The highest BCUT2D eigenvalue weighted by Gasteiger charge is 2.41. The second-order valence-electron chi connectivity index (χ2n) is 9.23. The first-order chi connectivity index (χ1) is 16.9. The summed E-state index contributed by atoms with van der Waals surface area (Å²) in [5.74, 6) is 0.328. The number of ether oxygens (including phenoxy) is 2. The molecule has 2 aromatic carbocycles. The Morgan fingerprint density at radius 3 is 2.50 bits per heavy atom. The van der Waals surface area contributed by atoms with Gasteiger partial charge in [0.2, 0.25) is 0 Å². The van der Waals surface area contributed by atoms with E-state index in [9.17, 15) is 19.5 Å². The number of nitrogens with two attached hydrogens (primary N) is 1. The normalized spacial score (nSPS) is 16.7. The number of amides is 1. The third-order valence-corrected chi connectivity index (χ3v) is 7.06. The number of fused-ring (bicyclic) bond motifs is 1. The van der Waals surface area contributed by atoms with Gasteiger partial charge in [0, 0.05) is 19.0 Å². The molecule has 1 aliphatic rings. The summed E-state index contributed by atoms with van der Waals surface area (Å²) < 4.78 is 13.6. The van der Waals surface area contributed by atoms with Gasteiger partial charge < -0.3 is 25.6 Å². The van der Waals surface area contributed by atoms with E-state index >= 15 is 0 Å². The first-order valence-corrected chi connectivity index (χ1v) is 11.5. The Kier molecular flexibility index (Phi) is 6.07. The van der Waals surface area contributed by atoms with Crippen LogP contribution in [0.2, 0.25) is 0 Å². The molecule has 10 heteroatoms. The van der Waals surface area contributed by atoms with Crippen LogP contribution in [0.5, 0.6) is 17.2 Å². The van der Waals surface area contributed by atoms with Gasteiger partial charge in [0.05, 0.1) is 12.8 Å². The predicted octanol–water partition coefficient (Wildman–Crippen LogP) is 2.48. The van der Waals surface area contributed by atoms with Crippen molar-refractivity contribution in [1.29, 1.82) is 0 Å². The molecule has 2 heterocycles. The van der Waals surface area contributed by atoms with E-state index in [1.54, 1.807) is 38.1 Å². The van der Waals surface area contributed by atoms with E-state index < -0.39 is 22.8 Å². The molecule has 3 aromatic rings. The Hall–Kier alpha value is -4.21. The van der Waals surface area contributed by atoms with Crippen molar-refractivity contribution < 1.29 is 19.4 Å². The number of carbonyl (C=O) groups excluding carboxylic acids is 1. The summed E-state index contributed by atoms with van der Waals surface area (Å²) in [6.45, 7) is 7.07. The molecule has 4 N–H and O–H groups in total. The number of anilines is 2. The van der Waals surface area contributed by atoms with Crippen LogP contribution in [0.4, 0.5) is 11.5 Å². The van der Waals surface area contributed by atoms with Crippen molar-refractivity contribution in [2.24, 2.45) is 7.05 Å². The van der Waals surface area contributed by atoms with Crippen LogP contribution in [0, 0.1) is 20.8 Å². The van der Waals surface area contributed by atoms with Crippen LogP contribution in [-0.2, 0) is 18.3 Å². The van der Waals surface area contributed by atoms with E-state index in [0.717, 1.165) is 25.8 Å². The number of phenolic OH excluding ortho intramolecular Hbond substituents is 1. The van der Waals surface area contributed by atoms with Crippen molar-refractivity contribution in [1.82, 2.24) is 9.13 Å². The molecule has 0 radical (unpaired) electrons. The molecule has 0 spiro atoms. The number of rotatable bonds is 4. The van der Waals surface area contributed by atoms with Crippen LogP contribution < -0.4 is 31.8 Å². The van der Waals surface area contributed by atoms with Crippen molar-refractivity contribution in [3.8, 4) is 22.9 Å². The fourth-order valence-electron chi connectivity index (χ4n) is 4.55. The SMILES string of the molecule is COc1ccccc1-n1c(N)c(NC(=O)C2(C)CCc3c(C)c(O)c(C)c(C)c3O2)c(=O)n(C)c1=O. The molecule has 1 aliphatic heterocycles. The Morgan fingerprint density at radius 1 is 1.17 bits per heavy atom. The lowest BCUT2D eigenvalue weighted by molar-refractivity contribution is -0.131. The van der Waals surface area contributed by atoms with E-state index in [0.29, 0.717) is 35.6 Å². The van der Waals surface area contributed by atoms with Crippen LogP contribution >= 0.6 is 0 Å².